The summed E-state index contributed by atoms with van der Waals surface area (Å²) in [6, 6.07) is 0. The van der Waals surface area contributed by atoms with Gasteiger partial charge in [0.05, 0.1) is 42.3 Å². The van der Waals surface area contributed by atoms with Crippen LogP contribution in [-0.4, -0.2) is 35.9 Å². The quantitative estimate of drug-likeness (QED) is 0.591. The summed E-state index contributed by atoms with van der Waals surface area (Å²) in [4.78, 5) is 17.9. The molecular weight excluding hydrogens is 342 g/mol. The van der Waals surface area contributed by atoms with Gasteiger partial charge in [0.15, 0.2) is 6.10 Å². The molecule has 5 heteroatoms. The van der Waals surface area contributed by atoms with Gasteiger partial charge in [0, 0.05) is 12.0 Å². The van der Waals surface area contributed by atoms with Crippen LogP contribution in [0.2, 0.25) is 0 Å². The summed E-state index contributed by atoms with van der Waals surface area (Å²) in [6.07, 6.45) is 4.01. The molecule has 0 saturated carbocycles. The molecule has 2 heterocycles. The number of pyridine rings is 1. The molecule has 148 valence electrons. The zero-order chi connectivity index (χ0) is 19.8. The van der Waals surface area contributed by atoms with Crippen LogP contribution in [0, 0.1) is 5.41 Å². The second kappa shape index (κ2) is 7.72. The van der Waals surface area contributed by atoms with Gasteiger partial charge in [0.25, 0.3) is 0 Å². The number of rotatable bonds is 4. The molecular formula is C22H32NO4+. The van der Waals surface area contributed by atoms with E-state index in [0.29, 0.717) is 25.4 Å². The van der Waals surface area contributed by atoms with Crippen molar-refractivity contribution in [2.45, 2.75) is 65.9 Å². The zero-order valence-electron chi connectivity index (χ0n) is 17.1. The first-order valence-corrected chi connectivity index (χ1v) is 9.97. The zero-order valence-corrected chi connectivity index (χ0v) is 17.1. The van der Waals surface area contributed by atoms with Crippen LogP contribution < -0.4 is 0 Å². The molecule has 1 aliphatic heterocycles. The molecule has 0 bridgehead atoms. The molecule has 0 saturated heterocycles. The lowest BCUT2D eigenvalue weighted by Crippen LogP contribution is -2.30. The number of fused-ring (bicyclic) bond motifs is 1. The maximum Gasteiger partial charge on any atom is 0.340 e. The lowest BCUT2D eigenvalue weighted by atomic mass is 9.71. The van der Waals surface area contributed by atoms with E-state index in [1.165, 1.54) is 0 Å². The number of esters is 1. The van der Waals surface area contributed by atoms with Gasteiger partial charge >= 0.3 is 5.97 Å². The first-order chi connectivity index (χ1) is 12.7. The van der Waals surface area contributed by atoms with Crippen LogP contribution in [0.5, 0.6) is 0 Å². The van der Waals surface area contributed by atoms with Crippen LogP contribution in [0.3, 0.4) is 0 Å². The van der Waals surface area contributed by atoms with Crippen LogP contribution in [-0.2, 0) is 15.9 Å². The smallest absolute Gasteiger partial charge is 0.340 e. The maximum atomic E-state index is 13.0. The third kappa shape index (κ3) is 3.94. The Kier molecular flexibility index (Phi) is 5.73. The molecule has 0 radical (unpaired) electrons. The van der Waals surface area contributed by atoms with Gasteiger partial charge in [0.2, 0.25) is 0 Å². The Morgan fingerprint density at radius 2 is 2.19 bits per heavy atom. The summed E-state index contributed by atoms with van der Waals surface area (Å²) >= 11 is 0. The SMILES string of the molecule is CCOC(=O)c1c(C(C)C)nc2c(c1C1=CCOCC1)C([OH2+])CC(C)(C)C2. The highest BCUT2D eigenvalue weighted by Crippen LogP contribution is 2.45. The van der Waals surface area contributed by atoms with Crippen molar-refractivity contribution in [3.05, 3.63) is 34.2 Å². The molecule has 1 aromatic rings. The molecule has 1 aliphatic carbocycles. The van der Waals surface area contributed by atoms with Gasteiger partial charge in [-0.2, -0.15) is 0 Å². The fourth-order valence-corrected chi connectivity index (χ4v) is 4.27. The Morgan fingerprint density at radius 1 is 1.44 bits per heavy atom. The van der Waals surface area contributed by atoms with Gasteiger partial charge in [-0.3, -0.25) is 4.98 Å². The number of aromatic nitrogens is 1. The highest BCUT2D eigenvalue weighted by Gasteiger charge is 2.40. The third-order valence-corrected chi connectivity index (χ3v) is 5.40. The minimum Gasteiger partial charge on any atom is -0.462 e. The van der Waals surface area contributed by atoms with Crippen molar-refractivity contribution in [3.63, 3.8) is 0 Å². The number of ether oxygens (including phenoxy) is 2. The second-order valence-corrected chi connectivity index (χ2v) is 8.63. The van der Waals surface area contributed by atoms with Crippen LogP contribution in [0.15, 0.2) is 6.08 Å². The Balaban J connectivity index is 2.32. The summed E-state index contributed by atoms with van der Waals surface area (Å²) in [5, 5.41) is 8.84. The monoisotopic (exact) mass is 374 g/mol. The van der Waals surface area contributed by atoms with E-state index in [1.807, 2.05) is 6.92 Å². The topological polar surface area (TPSA) is 71.3 Å². The normalized spacial score (nSPS) is 21.6. The van der Waals surface area contributed by atoms with Crippen molar-refractivity contribution in [2.24, 2.45) is 5.41 Å². The summed E-state index contributed by atoms with van der Waals surface area (Å²) in [6.45, 7) is 11.8. The number of hydrogen-bond donors (Lipinski definition) is 0. The van der Waals surface area contributed by atoms with Crippen molar-refractivity contribution in [1.82, 2.24) is 4.98 Å². The van der Waals surface area contributed by atoms with Crippen molar-refractivity contribution in [2.75, 3.05) is 19.8 Å². The Bertz CT molecular complexity index is 764. The minimum atomic E-state index is -0.385. The molecule has 27 heavy (non-hydrogen) atoms. The van der Waals surface area contributed by atoms with Crippen LogP contribution in [0.25, 0.3) is 5.57 Å². The van der Waals surface area contributed by atoms with Gasteiger partial charge in [0.1, 0.15) is 0 Å². The van der Waals surface area contributed by atoms with E-state index in [4.69, 9.17) is 19.6 Å². The van der Waals surface area contributed by atoms with E-state index in [2.05, 4.69) is 33.8 Å². The molecule has 1 atom stereocenters. The fraction of sp³-hybridized carbons (Fsp3) is 0.636. The van der Waals surface area contributed by atoms with Gasteiger partial charge in [-0.1, -0.05) is 33.8 Å². The number of carbonyl (C=O) groups is 1. The van der Waals surface area contributed by atoms with Gasteiger partial charge < -0.3 is 14.6 Å². The number of nitrogens with zero attached hydrogens (tertiary/aromatic N) is 1. The lowest BCUT2D eigenvalue weighted by molar-refractivity contribution is 0.0521. The van der Waals surface area contributed by atoms with E-state index < -0.39 is 0 Å². The molecule has 2 N–H and O–H groups in total. The van der Waals surface area contributed by atoms with E-state index in [-0.39, 0.29) is 23.4 Å². The maximum absolute atomic E-state index is 13.0. The summed E-state index contributed by atoms with van der Waals surface area (Å²) < 4.78 is 10.9. The van der Waals surface area contributed by atoms with Crippen LogP contribution >= 0.6 is 0 Å². The van der Waals surface area contributed by atoms with Gasteiger partial charge in [-0.15, -0.1) is 0 Å². The standard InChI is InChI=1S/C22H31NO4/c1-6-27-21(25)19-17(14-7-9-26-10-8-14)18-15(23-20(19)13(2)3)11-22(4,5)12-16(18)24/h7,13,16,24H,6,8-12H2,1-5H3/p+1. The van der Waals surface area contributed by atoms with Gasteiger partial charge in [-0.05, 0) is 36.7 Å². The molecule has 0 aromatic carbocycles. The average molecular weight is 375 g/mol. The van der Waals surface area contributed by atoms with Crippen molar-refractivity contribution < 1.29 is 19.4 Å². The number of hydrogen-bond acceptors (Lipinski definition) is 4. The molecule has 2 aliphatic rings. The van der Waals surface area contributed by atoms with Crippen molar-refractivity contribution in [3.8, 4) is 0 Å². The molecule has 3 rings (SSSR count). The largest absolute Gasteiger partial charge is 0.462 e. The predicted octanol–water partition coefficient (Wildman–Crippen LogP) is 3.92. The molecule has 0 fully saturated rings. The number of carbonyl (C=O) groups excluding carboxylic acids is 1. The van der Waals surface area contributed by atoms with Crippen molar-refractivity contribution >= 4 is 11.5 Å². The van der Waals surface area contributed by atoms with Crippen molar-refractivity contribution in [1.29, 1.82) is 0 Å². The summed E-state index contributed by atoms with van der Waals surface area (Å²) in [5.74, 6) is -0.223. The van der Waals surface area contributed by atoms with E-state index in [1.54, 1.807) is 0 Å². The Labute approximate surface area is 161 Å². The molecule has 5 nitrogen and oxygen atoms in total. The summed E-state index contributed by atoms with van der Waals surface area (Å²) in [5.41, 5.74) is 5.30. The molecule has 0 amide bonds. The fourth-order valence-electron chi connectivity index (χ4n) is 4.27. The Morgan fingerprint density at radius 3 is 2.78 bits per heavy atom. The first kappa shape index (κ1) is 20.0. The van der Waals surface area contributed by atoms with Crippen LogP contribution in [0.4, 0.5) is 0 Å². The second-order valence-electron chi connectivity index (χ2n) is 8.63. The molecule has 1 unspecified atom stereocenters. The molecule has 1 aromatic heterocycles. The van der Waals surface area contributed by atoms with Crippen LogP contribution in [0.1, 0.15) is 92.4 Å². The summed E-state index contributed by atoms with van der Waals surface area (Å²) in [7, 11) is 0. The first-order valence-electron chi connectivity index (χ1n) is 9.97. The highest BCUT2D eigenvalue weighted by atomic mass is 16.5. The Hall–Kier alpha value is -1.72. The predicted molar refractivity (Wildman–Crippen MR) is 106 cm³/mol. The minimum absolute atomic E-state index is 0.0352. The molecule has 0 spiro atoms. The third-order valence-electron chi connectivity index (χ3n) is 5.40. The lowest BCUT2D eigenvalue weighted by Gasteiger charge is -2.35. The average Bonchev–Trinajstić information content (AvgIpc) is 2.59. The van der Waals surface area contributed by atoms with E-state index >= 15 is 0 Å². The highest BCUT2D eigenvalue weighted by molar-refractivity contribution is 5.98. The van der Waals surface area contributed by atoms with E-state index in [0.717, 1.165) is 47.4 Å². The van der Waals surface area contributed by atoms with E-state index in [9.17, 15) is 4.79 Å². The van der Waals surface area contributed by atoms with Gasteiger partial charge in [-0.25, -0.2) is 4.79 Å².